The van der Waals surface area contributed by atoms with E-state index in [1.807, 2.05) is 6.07 Å². The van der Waals surface area contributed by atoms with Crippen molar-refractivity contribution in [3.8, 4) is 0 Å². The summed E-state index contributed by atoms with van der Waals surface area (Å²) < 4.78 is 5.09. The molecule has 3 N–H and O–H groups in total. The largest absolute Gasteiger partial charge is 0.469 e. The highest BCUT2D eigenvalue weighted by molar-refractivity contribution is 7.80. The van der Waals surface area contributed by atoms with Gasteiger partial charge in [0.15, 0.2) is 0 Å². The molecule has 0 saturated heterocycles. The molecule has 18 heavy (non-hydrogen) atoms. The molecule has 92 valence electrons. The lowest BCUT2D eigenvalue weighted by Gasteiger charge is -2.09. The lowest BCUT2D eigenvalue weighted by atomic mass is 10.1. The molecule has 1 amide bonds. The summed E-state index contributed by atoms with van der Waals surface area (Å²) in [6.45, 7) is 1.73. The number of hydrogen-bond acceptors (Lipinski definition) is 3. The van der Waals surface area contributed by atoms with Crippen LogP contribution in [0.15, 0.2) is 41.0 Å². The zero-order chi connectivity index (χ0) is 13.1. The smallest absolute Gasteiger partial charge is 0.259 e. The summed E-state index contributed by atoms with van der Waals surface area (Å²) in [4.78, 5) is 12.3. The van der Waals surface area contributed by atoms with Gasteiger partial charge >= 0.3 is 0 Å². The molecule has 1 aromatic heterocycles. The van der Waals surface area contributed by atoms with Crippen LogP contribution >= 0.6 is 12.2 Å². The molecule has 0 aliphatic carbocycles. The van der Waals surface area contributed by atoms with Crippen LogP contribution in [0.1, 0.15) is 21.7 Å². The van der Waals surface area contributed by atoms with Crippen molar-refractivity contribution in [1.29, 1.82) is 0 Å². The second-order valence-corrected chi connectivity index (χ2v) is 4.19. The number of rotatable bonds is 3. The molecule has 0 radical (unpaired) electrons. The third-order valence-electron chi connectivity index (χ3n) is 2.54. The number of aryl methyl sites for hydroxylation is 1. The average Bonchev–Trinajstić information content (AvgIpc) is 2.76. The molecular formula is C13H12N2O2S. The Labute approximate surface area is 110 Å². The summed E-state index contributed by atoms with van der Waals surface area (Å²) in [6, 6.07) is 8.75. The van der Waals surface area contributed by atoms with Gasteiger partial charge in [0.2, 0.25) is 0 Å². The van der Waals surface area contributed by atoms with Gasteiger partial charge < -0.3 is 15.5 Å². The number of thiocarbonyl (C=S) groups is 1. The van der Waals surface area contributed by atoms with E-state index in [0.717, 1.165) is 0 Å². The van der Waals surface area contributed by atoms with Gasteiger partial charge in [0.25, 0.3) is 5.91 Å². The third-order valence-corrected chi connectivity index (χ3v) is 2.76. The molecule has 4 nitrogen and oxygen atoms in total. The highest BCUT2D eigenvalue weighted by atomic mass is 32.1. The highest BCUT2D eigenvalue weighted by Crippen LogP contribution is 2.17. The van der Waals surface area contributed by atoms with E-state index in [2.05, 4.69) is 5.32 Å². The lowest BCUT2D eigenvalue weighted by Crippen LogP contribution is -2.17. The summed E-state index contributed by atoms with van der Waals surface area (Å²) in [5, 5.41) is 2.77. The van der Waals surface area contributed by atoms with Crippen LogP contribution in [0, 0.1) is 6.92 Å². The number of para-hydroxylation sites is 1. The van der Waals surface area contributed by atoms with E-state index in [1.54, 1.807) is 31.2 Å². The van der Waals surface area contributed by atoms with Crippen LogP contribution in [0.5, 0.6) is 0 Å². The lowest BCUT2D eigenvalue weighted by molar-refractivity contribution is 0.102. The number of carbonyl (C=O) groups excluding carboxylic acids is 1. The first kappa shape index (κ1) is 12.3. The molecule has 0 atom stereocenters. The second-order valence-electron chi connectivity index (χ2n) is 3.75. The molecule has 5 heteroatoms. The van der Waals surface area contributed by atoms with Gasteiger partial charge in [-0.2, -0.15) is 0 Å². The normalized spacial score (nSPS) is 10.1. The van der Waals surface area contributed by atoms with Crippen molar-refractivity contribution in [2.75, 3.05) is 5.32 Å². The molecule has 1 aromatic carbocycles. The van der Waals surface area contributed by atoms with E-state index in [0.29, 0.717) is 22.6 Å². The van der Waals surface area contributed by atoms with E-state index >= 15 is 0 Å². The van der Waals surface area contributed by atoms with Crippen LogP contribution in [0.3, 0.4) is 0 Å². The average molecular weight is 260 g/mol. The van der Waals surface area contributed by atoms with E-state index in [1.165, 1.54) is 6.26 Å². The van der Waals surface area contributed by atoms with Gasteiger partial charge in [-0.15, -0.1) is 0 Å². The topological polar surface area (TPSA) is 68.3 Å². The molecule has 0 bridgehead atoms. The Hall–Kier alpha value is -2.14. The number of furan rings is 1. The molecule has 0 saturated carbocycles. The number of benzene rings is 1. The summed E-state index contributed by atoms with van der Waals surface area (Å²) in [5.74, 6) is 0.324. The minimum Gasteiger partial charge on any atom is -0.469 e. The van der Waals surface area contributed by atoms with Crippen molar-refractivity contribution in [3.05, 3.63) is 53.5 Å². The van der Waals surface area contributed by atoms with Crippen LogP contribution in [-0.2, 0) is 0 Å². The van der Waals surface area contributed by atoms with Gasteiger partial charge in [-0.25, -0.2) is 0 Å². The van der Waals surface area contributed by atoms with Crippen LogP contribution in [0.25, 0.3) is 0 Å². The van der Waals surface area contributed by atoms with Crippen LogP contribution < -0.4 is 11.1 Å². The summed E-state index contributed by atoms with van der Waals surface area (Å²) in [5.41, 5.74) is 7.33. The Balaban J connectivity index is 2.28. The SMILES string of the molecule is Cc1occc1C(=O)Nc1ccccc1C(N)=S. The van der Waals surface area contributed by atoms with Crippen molar-refractivity contribution in [1.82, 2.24) is 0 Å². The number of nitrogens with one attached hydrogen (secondary N) is 1. The maximum atomic E-state index is 12.0. The monoisotopic (exact) mass is 260 g/mol. The zero-order valence-electron chi connectivity index (χ0n) is 9.77. The highest BCUT2D eigenvalue weighted by Gasteiger charge is 2.13. The van der Waals surface area contributed by atoms with Crippen LogP contribution in [0.2, 0.25) is 0 Å². The zero-order valence-corrected chi connectivity index (χ0v) is 10.6. The molecule has 0 aliphatic rings. The minimum atomic E-state index is -0.245. The van der Waals surface area contributed by atoms with Gasteiger partial charge in [-0.3, -0.25) is 4.79 Å². The Morgan fingerprint density at radius 2 is 2.00 bits per heavy atom. The molecule has 0 aliphatic heterocycles. The maximum absolute atomic E-state index is 12.0. The summed E-state index contributed by atoms with van der Waals surface area (Å²) in [7, 11) is 0. The fraction of sp³-hybridized carbons (Fsp3) is 0.0769. The van der Waals surface area contributed by atoms with Crippen molar-refractivity contribution < 1.29 is 9.21 Å². The van der Waals surface area contributed by atoms with Crippen LogP contribution in [0.4, 0.5) is 5.69 Å². The third kappa shape index (κ3) is 2.41. The Morgan fingerprint density at radius 1 is 1.28 bits per heavy atom. The Bertz CT molecular complexity index is 605. The first-order valence-electron chi connectivity index (χ1n) is 5.34. The molecule has 2 aromatic rings. The quantitative estimate of drug-likeness (QED) is 0.832. The second kappa shape index (κ2) is 5.01. The van der Waals surface area contributed by atoms with E-state index in [-0.39, 0.29) is 10.9 Å². The fourth-order valence-electron chi connectivity index (χ4n) is 1.62. The van der Waals surface area contributed by atoms with E-state index < -0.39 is 0 Å². The molecule has 0 unspecified atom stereocenters. The summed E-state index contributed by atoms with van der Waals surface area (Å²) in [6.07, 6.45) is 1.48. The molecule has 0 spiro atoms. The van der Waals surface area contributed by atoms with Gasteiger partial charge in [0.1, 0.15) is 10.7 Å². The van der Waals surface area contributed by atoms with E-state index in [4.69, 9.17) is 22.4 Å². The Kier molecular flexibility index (Phi) is 3.43. The summed E-state index contributed by atoms with van der Waals surface area (Å²) >= 11 is 4.94. The van der Waals surface area contributed by atoms with Gasteiger partial charge in [0.05, 0.1) is 17.5 Å². The first-order chi connectivity index (χ1) is 8.59. The number of anilines is 1. The van der Waals surface area contributed by atoms with Gasteiger partial charge in [-0.1, -0.05) is 24.4 Å². The van der Waals surface area contributed by atoms with E-state index in [9.17, 15) is 4.79 Å². The molecule has 0 fully saturated rings. The predicted octanol–water partition coefficient (Wildman–Crippen LogP) is 2.47. The van der Waals surface area contributed by atoms with Crippen LogP contribution in [-0.4, -0.2) is 10.9 Å². The predicted molar refractivity (Wildman–Crippen MR) is 73.7 cm³/mol. The maximum Gasteiger partial charge on any atom is 0.259 e. The minimum absolute atomic E-state index is 0.245. The number of nitrogens with two attached hydrogens (primary N) is 1. The van der Waals surface area contributed by atoms with Crippen molar-refractivity contribution >= 4 is 28.8 Å². The standard InChI is InChI=1S/C13H12N2O2S/c1-8-9(6-7-17-8)13(16)15-11-5-3-2-4-10(11)12(14)18/h2-7H,1H3,(H2,14,18)(H,15,16). The number of hydrogen-bond donors (Lipinski definition) is 2. The molecule has 1 heterocycles. The Morgan fingerprint density at radius 3 is 2.61 bits per heavy atom. The molecular weight excluding hydrogens is 248 g/mol. The van der Waals surface area contributed by atoms with Gasteiger partial charge in [-0.05, 0) is 25.1 Å². The van der Waals surface area contributed by atoms with Gasteiger partial charge in [0, 0.05) is 5.56 Å². The number of carbonyl (C=O) groups is 1. The van der Waals surface area contributed by atoms with Crippen molar-refractivity contribution in [2.24, 2.45) is 5.73 Å². The van der Waals surface area contributed by atoms with Crippen molar-refractivity contribution in [2.45, 2.75) is 6.92 Å². The first-order valence-corrected chi connectivity index (χ1v) is 5.74. The fourth-order valence-corrected chi connectivity index (χ4v) is 1.80. The number of amides is 1. The van der Waals surface area contributed by atoms with Crippen molar-refractivity contribution in [3.63, 3.8) is 0 Å². The molecule has 2 rings (SSSR count).